The largest absolute Gasteiger partial charge is 0.357 e. The van der Waals surface area contributed by atoms with E-state index < -0.39 is 0 Å². The molecule has 138 valence electrons. The minimum atomic E-state index is -0.178. The molecule has 2 N–H and O–H groups in total. The molecule has 1 aromatic carbocycles. The lowest BCUT2D eigenvalue weighted by Gasteiger charge is -2.17. The third-order valence-corrected chi connectivity index (χ3v) is 4.61. The molecule has 1 aliphatic rings. The molecule has 0 unspecified atom stereocenters. The van der Waals surface area contributed by atoms with E-state index in [0.717, 1.165) is 24.5 Å². The number of aromatic nitrogens is 1. The Bertz CT molecular complexity index is 769. The van der Waals surface area contributed by atoms with Crippen molar-refractivity contribution in [2.24, 2.45) is 4.99 Å². The smallest absolute Gasteiger partial charge is 0.191 e. The molecule has 26 heavy (non-hydrogen) atoms. The molecule has 0 spiro atoms. The fraction of sp³-hybridized carbons (Fsp3) is 0.400. The molecule has 6 heteroatoms. The lowest BCUT2D eigenvalue weighted by Crippen LogP contribution is -2.36. The van der Waals surface area contributed by atoms with Gasteiger partial charge in [0.05, 0.1) is 0 Å². The van der Waals surface area contributed by atoms with Crippen molar-refractivity contribution >= 4 is 11.8 Å². The van der Waals surface area contributed by atoms with E-state index in [-0.39, 0.29) is 5.82 Å². The first kappa shape index (κ1) is 18.2. The third-order valence-electron chi connectivity index (χ3n) is 4.61. The van der Waals surface area contributed by atoms with Crippen LogP contribution in [-0.4, -0.2) is 31.1 Å². The molecule has 1 saturated heterocycles. The molecule has 1 fully saturated rings. The fourth-order valence-corrected chi connectivity index (χ4v) is 3.10. The van der Waals surface area contributed by atoms with Crippen LogP contribution in [0.1, 0.15) is 29.5 Å². The van der Waals surface area contributed by atoms with Crippen molar-refractivity contribution in [2.75, 3.05) is 25.0 Å². The number of hydrogen-bond acceptors (Lipinski definition) is 3. The van der Waals surface area contributed by atoms with Crippen LogP contribution in [0.4, 0.5) is 10.2 Å². The van der Waals surface area contributed by atoms with E-state index in [0.29, 0.717) is 24.6 Å². The van der Waals surface area contributed by atoms with Crippen molar-refractivity contribution in [1.82, 2.24) is 15.6 Å². The van der Waals surface area contributed by atoms with E-state index in [2.05, 4.69) is 31.6 Å². The Balaban J connectivity index is 1.54. The van der Waals surface area contributed by atoms with Crippen LogP contribution in [0.5, 0.6) is 0 Å². The van der Waals surface area contributed by atoms with Gasteiger partial charge in [-0.15, -0.1) is 0 Å². The molecule has 5 nitrogen and oxygen atoms in total. The van der Waals surface area contributed by atoms with Crippen LogP contribution in [0.15, 0.2) is 41.5 Å². The highest BCUT2D eigenvalue weighted by Crippen LogP contribution is 2.18. The number of hydrogen-bond donors (Lipinski definition) is 2. The van der Waals surface area contributed by atoms with Crippen molar-refractivity contribution in [3.63, 3.8) is 0 Å². The summed E-state index contributed by atoms with van der Waals surface area (Å²) in [6.07, 6.45) is 4.34. The molecule has 0 aliphatic carbocycles. The quantitative estimate of drug-likeness (QED) is 0.639. The van der Waals surface area contributed by atoms with E-state index in [4.69, 9.17) is 0 Å². The highest BCUT2D eigenvalue weighted by molar-refractivity contribution is 5.79. The number of nitrogens with zero attached hydrogens (tertiary/aromatic N) is 3. The third kappa shape index (κ3) is 4.71. The Morgan fingerprint density at radius 3 is 2.46 bits per heavy atom. The minimum Gasteiger partial charge on any atom is -0.357 e. The highest BCUT2D eigenvalue weighted by atomic mass is 19.1. The summed E-state index contributed by atoms with van der Waals surface area (Å²) in [5.41, 5.74) is 2.84. The molecule has 0 atom stereocenters. The SMILES string of the molecule is CN=C(NCc1ccnc(N2CCCC2)c1)NCc1ccc(F)c(C)c1. The van der Waals surface area contributed by atoms with Crippen molar-refractivity contribution < 1.29 is 4.39 Å². The molecule has 2 aromatic rings. The molecule has 1 aliphatic heterocycles. The van der Waals surface area contributed by atoms with E-state index in [1.165, 1.54) is 24.5 Å². The summed E-state index contributed by atoms with van der Waals surface area (Å²) in [6.45, 7) is 5.21. The molecule has 1 aromatic heterocycles. The summed E-state index contributed by atoms with van der Waals surface area (Å²) in [6, 6.07) is 9.28. The molecule has 2 heterocycles. The van der Waals surface area contributed by atoms with Crippen LogP contribution < -0.4 is 15.5 Å². The summed E-state index contributed by atoms with van der Waals surface area (Å²) >= 11 is 0. The number of guanidine groups is 1. The molecule has 0 bridgehead atoms. The number of benzene rings is 1. The lowest BCUT2D eigenvalue weighted by molar-refractivity contribution is 0.617. The second-order valence-corrected chi connectivity index (χ2v) is 6.58. The maximum atomic E-state index is 13.4. The number of aryl methyl sites for hydroxylation is 1. The van der Waals surface area contributed by atoms with Crippen molar-refractivity contribution in [2.45, 2.75) is 32.9 Å². The average Bonchev–Trinajstić information content (AvgIpc) is 3.20. The van der Waals surface area contributed by atoms with Gasteiger partial charge in [0.1, 0.15) is 11.6 Å². The predicted octanol–water partition coefficient (Wildman–Crippen LogP) is 2.99. The number of nitrogens with one attached hydrogen (secondary N) is 2. The van der Waals surface area contributed by atoms with Crippen LogP contribution in [0.25, 0.3) is 0 Å². The fourth-order valence-electron chi connectivity index (χ4n) is 3.10. The number of aliphatic imine (C=N–C) groups is 1. The topological polar surface area (TPSA) is 52.6 Å². The van der Waals surface area contributed by atoms with Crippen LogP contribution in [0.2, 0.25) is 0 Å². The van der Waals surface area contributed by atoms with E-state index >= 15 is 0 Å². The maximum absolute atomic E-state index is 13.4. The van der Waals surface area contributed by atoms with E-state index in [9.17, 15) is 4.39 Å². The first-order valence-electron chi connectivity index (χ1n) is 9.05. The van der Waals surface area contributed by atoms with Gasteiger partial charge >= 0.3 is 0 Å². The van der Waals surface area contributed by atoms with Gasteiger partial charge in [0.25, 0.3) is 0 Å². The van der Waals surface area contributed by atoms with Gasteiger partial charge in [0.15, 0.2) is 5.96 Å². The number of rotatable bonds is 5. The molecule has 0 radical (unpaired) electrons. The Morgan fingerprint density at radius 1 is 1.12 bits per heavy atom. The van der Waals surface area contributed by atoms with Crippen LogP contribution in [0.3, 0.4) is 0 Å². The van der Waals surface area contributed by atoms with Gasteiger partial charge in [-0.25, -0.2) is 9.37 Å². The summed E-state index contributed by atoms with van der Waals surface area (Å²) in [5, 5.41) is 6.58. The van der Waals surface area contributed by atoms with E-state index in [1.54, 1.807) is 20.0 Å². The Kier molecular flexibility index (Phi) is 6.04. The second kappa shape index (κ2) is 8.65. The zero-order valence-electron chi connectivity index (χ0n) is 15.4. The van der Waals surface area contributed by atoms with Gasteiger partial charge in [-0.1, -0.05) is 12.1 Å². The zero-order chi connectivity index (χ0) is 18.4. The average molecular weight is 355 g/mol. The Hall–Kier alpha value is -2.63. The first-order chi connectivity index (χ1) is 12.7. The second-order valence-electron chi connectivity index (χ2n) is 6.58. The number of halogens is 1. The van der Waals surface area contributed by atoms with Crippen molar-refractivity contribution in [3.8, 4) is 0 Å². The highest BCUT2D eigenvalue weighted by Gasteiger charge is 2.13. The van der Waals surface area contributed by atoms with Crippen molar-refractivity contribution in [3.05, 3.63) is 59.0 Å². The summed E-state index contributed by atoms with van der Waals surface area (Å²) in [5.74, 6) is 1.58. The molecule has 3 rings (SSSR count). The van der Waals surface area contributed by atoms with Crippen LogP contribution in [-0.2, 0) is 13.1 Å². The standard InChI is InChI=1S/C20H26FN5/c1-15-11-16(5-6-18(15)21)13-24-20(22-2)25-14-17-7-8-23-19(12-17)26-9-3-4-10-26/h5-8,11-12H,3-4,9-10,13-14H2,1-2H3,(H2,22,24,25). The Labute approximate surface area is 154 Å². The minimum absolute atomic E-state index is 0.178. The monoisotopic (exact) mass is 355 g/mol. The number of pyridine rings is 1. The summed E-state index contributed by atoms with van der Waals surface area (Å²) in [4.78, 5) is 11.1. The maximum Gasteiger partial charge on any atom is 0.191 e. The van der Waals surface area contributed by atoms with Crippen LogP contribution >= 0.6 is 0 Å². The molecule has 0 saturated carbocycles. The van der Waals surface area contributed by atoms with E-state index in [1.807, 2.05) is 18.3 Å². The lowest BCUT2D eigenvalue weighted by atomic mass is 10.1. The van der Waals surface area contributed by atoms with Gasteiger partial charge < -0.3 is 15.5 Å². The first-order valence-corrected chi connectivity index (χ1v) is 9.05. The Morgan fingerprint density at radius 2 is 1.81 bits per heavy atom. The molecular weight excluding hydrogens is 329 g/mol. The molecule has 0 amide bonds. The van der Waals surface area contributed by atoms with Crippen LogP contribution in [0, 0.1) is 12.7 Å². The van der Waals surface area contributed by atoms with Gasteiger partial charge in [-0.2, -0.15) is 0 Å². The number of anilines is 1. The summed E-state index contributed by atoms with van der Waals surface area (Å²) in [7, 11) is 1.74. The predicted molar refractivity (Wildman–Crippen MR) is 104 cm³/mol. The molecular formula is C20H26FN5. The van der Waals surface area contributed by atoms with Gasteiger partial charge in [-0.05, 0) is 54.7 Å². The normalized spacial score (nSPS) is 14.6. The van der Waals surface area contributed by atoms with Gasteiger partial charge in [0, 0.05) is 39.4 Å². The van der Waals surface area contributed by atoms with Crippen molar-refractivity contribution in [1.29, 1.82) is 0 Å². The zero-order valence-corrected chi connectivity index (χ0v) is 15.4. The van der Waals surface area contributed by atoms with Gasteiger partial charge in [0.2, 0.25) is 0 Å². The van der Waals surface area contributed by atoms with Gasteiger partial charge in [-0.3, -0.25) is 4.99 Å². The summed E-state index contributed by atoms with van der Waals surface area (Å²) < 4.78 is 13.4.